The summed E-state index contributed by atoms with van der Waals surface area (Å²) in [6, 6.07) is 13.0. The van der Waals surface area contributed by atoms with Crippen LogP contribution in [0.1, 0.15) is 27.9 Å². The molecule has 0 amide bonds. The van der Waals surface area contributed by atoms with Gasteiger partial charge in [-0.15, -0.1) is 0 Å². The van der Waals surface area contributed by atoms with Gasteiger partial charge in [-0.25, -0.2) is 0 Å². The number of fused-ring (bicyclic) bond motifs is 1. The molecule has 1 aliphatic carbocycles. The maximum Gasteiger partial charge on any atom is 0.189 e. The molecule has 3 rings (SSSR count). The highest BCUT2D eigenvalue weighted by Crippen LogP contribution is 2.32. The zero-order chi connectivity index (χ0) is 14.1. The third-order valence-electron chi connectivity index (χ3n) is 3.52. The molecule has 3 heteroatoms. The molecular formula is C17H13BrO2. The van der Waals surface area contributed by atoms with E-state index in [1.165, 1.54) is 0 Å². The van der Waals surface area contributed by atoms with Gasteiger partial charge in [-0.2, -0.15) is 0 Å². The summed E-state index contributed by atoms with van der Waals surface area (Å²) in [5, 5.41) is 9.81. The Balaban J connectivity index is 2.00. The highest BCUT2D eigenvalue weighted by atomic mass is 79.9. The van der Waals surface area contributed by atoms with Gasteiger partial charge in [-0.05, 0) is 42.7 Å². The van der Waals surface area contributed by atoms with Gasteiger partial charge >= 0.3 is 0 Å². The zero-order valence-electron chi connectivity index (χ0n) is 10.8. The first-order valence-electron chi connectivity index (χ1n) is 6.47. The van der Waals surface area contributed by atoms with E-state index in [9.17, 15) is 9.90 Å². The van der Waals surface area contributed by atoms with Crippen LogP contribution >= 0.6 is 15.9 Å². The first kappa shape index (κ1) is 13.1. The molecule has 100 valence electrons. The Hall–Kier alpha value is -1.87. The van der Waals surface area contributed by atoms with Crippen LogP contribution in [0.15, 0.2) is 52.5 Å². The summed E-state index contributed by atoms with van der Waals surface area (Å²) < 4.78 is 0.994. The van der Waals surface area contributed by atoms with Crippen molar-refractivity contribution in [3.05, 3.63) is 69.2 Å². The van der Waals surface area contributed by atoms with Crippen molar-refractivity contribution in [2.24, 2.45) is 0 Å². The molecule has 2 nitrogen and oxygen atoms in total. The average molecular weight is 329 g/mol. The Labute approximate surface area is 125 Å². The first-order chi connectivity index (χ1) is 9.65. The molecule has 20 heavy (non-hydrogen) atoms. The minimum atomic E-state index is 0.0159. The maximum absolute atomic E-state index is 12.5. The molecule has 0 fully saturated rings. The van der Waals surface area contributed by atoms with Crippen LogP contribution in [0.3, 0.4) is 0 Å². The number of hydrogen-bond donors (Lipinski definition) is 1. The Morgan fingerprint density at radius 3 is 2.70 bits per heavy atom. The lowest BCUT2D eigenvalue weighted by Crippen LogP contribution is -2.14. The zero-order valence-corrected chi connectivity index (χ0v) is 12.4. The molecule has 1 aliphatic rings. The summed E-state index contributed by atoms with van der Waals surface area (Å²) in [7, 11) is 0. The van der Waals surface area contributed by atoms with Crippen molar-refractivity contribution < 1.29 is 9.90 Å². The van der Waals surface area contributed by atoms with E-state index in [1.807, 2.05) is 30.3 Å². The molecule has 0 bridgehead atoms. The van der Waals surface area contributed by atoms with Gasteiger partial charge in [-0.1, -0.05) is 40.2 Å². The molecule has 0 aromatic heterocycles. The van der Waals surface area contributed by atoms with E-state index in [0.717, 1.165) is 21.2 Å². The number of phenols is 1. The first-order valence-corrected chi connectivity index (χ1v) is 7.26. The molecule has 0 spiro atoms. The molecule has 0 aliphatic heterocycles. The summed E-state index contributed by atoms with van der Waals surface area (Å²) >= 11 is 3.43. The van der Waals surface area contributed by atoms with E-state index in [4.69, 9.17) is 0 Å². The third-order valence-corrected chi connectivity index (χ3v) is 4.01. The van der Waals surface area contributed by atoms with E-state index >= 15 is 0 Å². The van der Waals surface area contributed by atoms with Crippen LogP contribution in [-0.2, 0) is 6.42 Å². The number of allylic oxidation sites excluding steroid dienone is 1. The van der Waals surface area contributed by atoms with Crippen LogP contribution in [0.5, 0.6) is 5.75 Å². The quantitative estimate of drug-likeness (QED) is 0.789. The monoisotopic (exact) mass is 328 g/mol. The molecule has 1 N–H and O–H groups in total. The van der Waals surface area contributed by atoms with Gasteiger partial charge in [0.15, 0.2) is 5.78 Å². The molecule has 0 saturated carbocycles. The molecule has 0 unspecified atom stereocenters. The van der Waals surface area contributed by atoms with Crippen LogP contribution in [-0.4, -0.2) is 10.9 Å². The standard InChI is InChI=1S/C17H13BrO2/c18-13-4-1-3-11(10-13)9-12-7-8-14-15(17(12)20)5-2-6-16(14)19/h1-6,9-10,19H,7-8H2/b12-9+. The van der Waals surface area contributed by atoms with Crippen LogP contribution in [0.2, 0.25) is 0 Å². The predicted octanol–water partition coefficient (Wildman–Crippen LogP) is 4.37. The minimum absolute atomic E-state index is 0.0159. The van der Waals surface area contributed by atoms with Gasteiger partial charge in [0.25, 0.3) is 0 Å². The molecule has 0 heterocycles. The smallest absolute Gasteiger partial charge is 0.189 e. The number of ketones is 1. The van der Waals surface area contributed by atoms with Crippen molar-refractivity contribution in [2.75, 3.05) is 0 Å². The number of halogens is 1. The molecule has 2 aromatic carbocycles. The van der Waals surface area contributed by atoms with Crippen molar-refractivity contribution in [2.45, 2.75) is 12.8 Å². The van der Waals surface area contributed by atoms with E-state index in [0.29, 0.717) is 18.4 Å². The van der Waals surface area contributed by atoms with Crippen LogP contribution < -0.4 is 0 Å². The molecule has 0 atom stereocenters. The van der Waals surface area contributed by atoms with Crippen molar-refractivity contribution in [1.82, 2.24) is 0 Å². The Morgan fingerprint density at radius 2 is 1.90 bits per heavy atom. The van der Waals surface area contributed by atoms with E-state index in [-0.39, 0.29) is 11.5 Å². The van der Waals surface area contributed by atoms with Crippen molar-refractivity contribution in [3.63, 3.8) is 0 Å². The Kier molecular flexibility index (Phi) is 3.45. The van der Waals surface area contributed by atoms with E-state index in [2.05, 4.69) is 15.9 Å². The van der Waals surface area contributed by atoms with Gasteiger partial charge in [0.1, 0.15) is 5.75 Å². The molecule has 0 radical (unpaired) electrons. The topological polar surface area (TPSA) is 37.3 Å². The lowest BCUT2D eigenvalue weighted by molar-refractivity contribution is 0.102. The summed E-state index contributed by atoms with van der Waals surface area (Å²) in [6.45, 7) is 0. The lowest BCUT2D eigenvalue weighted by atomic mass is 9.85. The average Bonchev–Trinajstić information content (AvgIpc) is 2.43. The fraction of sp³-hybridized carbons (Fsp3) is 0.118. The Bertz CT molecular complexity index is 717. The van der Waals surface area contributed by atoms with E-state index < -0.39 is 0 Å². The number of carbonyl (C=O) groups is 1. The fourth-order valence-corrected chi connectivity index (χ4v) is 2.95. The van der Waals surface area contributed by atoms with Gasteiger partial charge < -0.3 is 5.11 Å². The lowest BCUT2D eigenvalue weighted by Gasteiger charge is -2.18. The summed E-state index contributed by atoms with van der Waals surface area (Å²) in [4.78, 5) is 12.5. The Morgan fingerprint density at radius 1 is 1.10 bits per heavy atom. The van der Waals surface area contributed by atoms with Crippen molar-refractivity contribution >= 4 is 27.8 Å². The SMILES string of the molecule is O=C1/C(=C/c2cccc(Br)c2)CCc2c(O)cccc21. The number of rotatable bonds is 1. The highest BCUT2D eigenvalue weighted by Gasteiger charge is 2.23. The van der Waals surface area contributed by atoms with Gasteiger partial charge in [0, 0.05) is 21.2 Å². The van der Waals surface area contributed by atoms with Crippen LogP contribution in [0.4, 0.5) is 0 Å². The largest absolute Gasteiger partial charge is 0.508 e. The number of Topliss-reactive ketones (excluding diaryl/α,β-unsaturated/α-hetero) is 1. The second kappa shape index (κ2) is 5.25. The third kappa shape index (κ3) is 2.41. The van der Waals surface area contributed by atoms with Crippen LogP contribution in [0.25, 0.3) is 6.08 Å². The number of phenolic OH excluding ortho intramolecular Hbond substituents is 1. The number of hydrogen-bond acceptors (Lipinski definition) is 2. The number of aromatic hydroxyl groups is 1. The molecular weight excluding hydrogens is 316 g/mol. The van der Waals surface area contributed by atoms with Gasteiger partial charge in [-0.3, -0.25) is 4.79 Å². The summed E-state index contributed by atoms with van der Waals surface area (Å²) in [6.07, 6.45) is 3.30. The number of benzene rings is 2. The fourth-order valence-electron chi connectivity index (χ4n) is 2.53. The molecule has 2 aromatic rings. The highest BCUT2D eigenvalue weighted by molar-refractivity contribution is 9.10. The second-order valence-corrected chi connectivity index (χ2v) is 5.77. The summed E-state index contributed by atoms with van der Waals surface area (Å²) in [5.74, 6) is 0.236. The van der Waals surface area contributed by atoms with E-state index in [1.54, 1.807) is 18.2 Å². The normalized spacial score (nSPS) is 16.2. The second-order valence-electron chi connectivity index (χ2n) is 4.86. The minimum Gasteiger partial charge on any atom is -0.508 e. The summed E-state index contributed by atoms with van der Waals surface area (Å²) in [5.41, 5.74) is 3.19. The number of carbonyl (C=O) groups excluding carboxylic acids is 1. The molecule has 0 saturated heterocycles. The maximum atomic E-state index is 12.5. The predicted molar refractivity (Wildman–Crippen MR) is 82.9 cm³/mol. The van der Waals surface area contributed by atoms with Gasteiger partial charge in [0.2, 0.25) is 0 Å². The van der Waals surface area contributed by atoms with Crippen LogP contribution in [0, 0.1) is 0 Å². The van der Waals surface area contributed by atoms with Crippen molar-refractivity contribution in [1.29, 1.82) is 0 Å². The van der Waals surface area contributed by atoms with Gasteiger partial charge in [0.05, 0.1) is 0 Å². The van der Waals surface area contributed by atoms with Crippen molar-refractivity contribution in [3.8, 4) is 5.75 Å².